The summed E-state index contributed by atoms with van der Waals surface area (Å²) < 4.78 is 0. The average molecular weight is 419 g/mol. The molecule has 0 fully saturated rings. The highest BCUT2D eigenvalue weighted by Gasteiger charge is 2.30. The summed E-state index contributed by atoms with van der Waals surface area (Å²) >= 11 is 1.48. The molecule has 0 aliphatic rings. The van der Waals surface area contributed by atoms with Gasteiger partial charge >= 0.3 is 5.97 Å². The second-order valence-corrected chi connectivity index (χ2v) is 8.40. The lowest BCUT2D eigenvalue weighted by molar-refractivity contribution is -0.142. The lowest BCUT2D eigenvalue weighted by Gasteiger charge is -2.26. The van der Waals surface area contributed by atoms with Crippen LogP contribution in [0.25, 0.3) is 0 Å². The first-order valence-electron chi connectivity index (χ1n) is 9.30. The van der Waals surface area contributed by atoms with Crippen LogP contribution in [0.5, 0.6) is 0 Å². The molecule has 4 unspecified atom stereocenters. The van der Waals surface area contributed by atoms with Gasteiger partial charge in [-0.05, 0) is 37.2 Å². The van der Waals surface area contributed by atoms with E-state index in [1.165, 1.54) is 18.7 Å². The van der Waals surface area contributed by atoms with Crippen molar-refractivity contribution in [1.82, 2.24) is 16.0 Å². The van der Waals surface area contributed by atoms with Crippen molar-refractivity contribution >= 4 is 35.5 Å². The number of carbonyl (C=O) groups is 4. The highest BCUT2D eigenvalue weighted by Crippen LogP contribution is 2.06. The Morgan fingerprint density at radius 2 is 1.46 bits per heavy atom. The molecule has 0 bridgehead atoms. The van der Waals surface area contributed by atoms with E-state index in [4.69, 9.17) is 5.73 Å². The molecule has 0 heterocycles. The van der Waals surface area contributed by atoms with Crippen molar-refractivity contribution in [2.24, 2.45) is 17.6 Å². The number of carboxylic acid groups (broad SMARTS) is 1. The van der Waals surface area contributed by atoms with Gasteiger partial charge in [0.1, 0.15) is 18.1 Å². The molecule has 0 aromatic rings. The molecule has 0 rings (SSSR count). The molecular weight excluding hydrogens is 384 g/mol. The number of carboxylic acids is 1. The number of amides is 3. The summed E-state index contributed by atoms with van der Waals surface area (Å²) in [5.41, 5.74) is 5.76. The number of aliphatic carboxylic acids is 1. The maximum atomic E-state index is 12.5. The van der Waals surface area contributed by atoms with Crippen molar-refractivity contribution in [3.05, 3.63) is 0 Å². The third-order valence-electron chi connectivity index (χ3n) is 4.25. The van der Waals surface area contributed by atoms with Crippen molar-refractivity contribution in [3.8, 4) is 0 Å². The number of thioether (sulfide) groups is 1. The second-order valence-electron chi connectivity index (χ2n) is 7.41. The highest BCUT2D eigenvalue weighted by atomic mass is 32.2. The Morgan fingerprint density at radius 1 is 0.893 bits per heavy atom. The summed E-state index contributed by atoms with van der Waals surface area (Å²) in [7, 11) is 0. The van der Waals surface area contributed by atoms with Crippen molar-refractivity contribution < 1.29 is 24.3 Å². The van der Waals surface area contributed by atoms with Crippen molar-refractivity contribution in [2.75, 3.05) is 12.0 Å². The van der Waals surface area contributed by atoms with E-state index in [-0.39, 0.29) is 18.3 Å². The minimum absolute atomic E-state index is 0.0845. The number of nitrogens with two attached hydrogens (primary N) is 1. The number of nitrogens with one attached hydrogen (secondary N) is 3. The maximum Gasteiger partial charge on any atom is 0.326 e. The molecule has 0 saturated heterocycles. The first kappa shape index (κ1) is 26.2. The zero-order chi connectivity index (χ0) is 22.0. The number of hydrogen-bond donors (Lipinski definition) is 5. The summed E-state index contributed by atoms with van der Waals surface area (Å²) in [4.78, 5) is 48.3. The quantitative estimate of drug-likeness (QED) is 0.298. The Kier molecular flexibility index (Phi) is 11.8. The predicted molar refractivity (Wildman–Crippen MR) is 110 cm³/mol. The zero-order valence-electron chi connectivity index (χ0n) is 17.4. The summed E-state index contributed by atoms with van der Waals surface area (Å²) in [6, 6.07) is -3.59. The van der Waals surface area contributed by atoms with Crippen LogP contribution in [-0.2, 0) is 19.2 Å². The Hall–Kier alpha value is -1.81. The van der Waals surface area contributed by atoms with Crippen LogP contribution in [0.1, 0.15) is 41.0 Å². The van der Waals surface area contributed by atoms with Crippen molar-refractivity contribution in [1.29, 1.82) is 0 Å². The van der Waals surface area contributed by atoms with Crippen LogP contribution in [0, 0.1) is 11.8 Å². The van der Waals surface area contributed by atoms with E-state index >= 15 is 0 Å². The van der Waals surface area contributed by atoms with E-state index in [9.17, 15) is 24.3 Å². The van der Waals surface area contributed by atoms with E-state index in [1.54, 1.807) is 27.7 Å². The van der Waals surface area contributed by atoms with Crippen LogP contribution >= 0.6 is 11.8 Å². The third-order valence-corrected chi connectivity index (χ3v) is 4.89. The molecule has 0 saturated carbocycles. The molecular formula is C18H34N4O5S. The predicted octanol–water partition coefficient (Wildman–Crippen LogP) is -0.0623. The average Bonchev–Trinajstić information content (AvgIpc) is 2.60. The number of carbonyl (C=O) groups excluding carboxylic acids is 3. The van der Waals surface area contributed by atoms with Crippen molar-refractivity contribution in [2.45, 2.75) is 65.2 Å². The zero-order valence-corrected chi connectivity index (χ0v) is 18.3. The topological polar surface area (TPSA) is 151 Å². The van der Waals surface area contributed by atoms with E-state index < -0.39 is 47.9 Å². The Morgan fingerprint density at radius 3 is 1.89 bits per heavy atom. The second kappa shape index (κ2) is 12.6. The summed E-state index contributed by atoms with van der Waals surface area (Å²) in [6.07, 6.45) is 2.12. The standard InChI is InChI=1S/C18H34N4O5S/c1-9(2)13(19)16(24)20-11(5)15(23)22-14(10(3)4)17(25)21-12(18(26)27)7-8-28-6/h9-14H,7-8,19H2,1-6H3,(H,20,24)(H,21,25)(H,22,23)(H,26,27). The van der Waals surface area contributed by atoms with Gasteiger partial charge in [0.05, 0.1) is 6.04 Å². The minimum Gasteiger partial charge on any atom is -0.480 e. The Labute approximate surface area is 170 Å². The normalized spacial score (nSPS) is 15.5. The van der Waals surface area contributed by atoms with Gasteiger partial charge in [-0.25, -0.2) is 4.79 Å². The number of rotatable bonds is 12. The fourth-order valence-electron chi connectivity index (χ4n) is 2.25. The van der Waals surface area contributed by atoms with Crippen LogP contribution in [0.3, 0.4) is 0 Å². The molecule has 0 aromatic carbocycles. The maximum absolute atomic E-state index is 12.5. The van der Waals surface area contributed by atoms with Gasteiger partial charge < -0.3 is 26.8 Å². The highest BCUT2D eigenvalue weighted by molar-refractivity contribution is 7.98. The van der Waals surface area contributed by atoms with Gasteiger partial charge in [0.15, 0.2) is 0 Å². The van der Waals surface area contributed by atoms with Gasteiger partial charge in [-0.1, -0.05) is 27.7 Å². The van der Waals surface area contributed by atoms with Crippen LogP contribution in [-0.4, -0.2) is 65.0 Å². The molecule has 0 aromatic heterocycles. The summed E-state index contributed by atoms with van der Waals surface area (Å²) in [5.74, 6) is -2.48. The molecule has 3 amide bonds. The molecule has 10 heteroatoms. The van der Waals surface area contributed by atoms with Crippen LogP contribution in [0.15, 0.2) is 0 Å². The van der Waals surface area contributed by atoms with Crippen LogP contribution in [0.4, 0.5) is 0 Å². The van der Waals surface area contributed by atoms with Gasteiger partial charge in [-0.15, -0.1) is 0 Å². The minimum atomic E-state index is -1.13. The third kappa shape index (κ3) is 8.92. The first-order chi connectivity index (χ1) is 12.9. The van der Waals surface area contributed by atoms with E-state index in [1.807, 2.05) is 6.26 Å². The van der Waals surface area contributed by atoms with Gasteiger partial charge in [-0.3, -0.25) is 14.4 Å². The fourth-order valence-corrected chi connectivity index (χ4v) is 2.72. The van der Waals surface area contributed by atoms with Gasteiger partial charge in [0.2, 0.25) is 17.7 Å². The Bertz CT molecular complexity index is 556. The largest absolute Gasteiger partial charge is 0.480 e. The molecule has 0 aliphatic heterocycles. The monoisotopic (exact) mass is 418 g/mol. The van der Waals surface area contributed by atoms with Gasteiger partial charge in [-0.2, -0.15) is 11.8 Å². The molecule has 0 radical (unpaired) electrons. The van der Waals surface area contributed by atoms with Crippen LogP contribution < -0.4 is 21.7 Å². The molecule has 6 N–H and O–H groups in total. The fraction of sp³-hybridized carbons (Fsp3) is 0.778. The van der Waals surface area contributed by atoms with E-state index in [0.717, 1.165) is 0 Å². The summed E-state index contributed by atoms with van der Waals surface area (Å²) in [6.45, 7) is 8.56. The molecule has 4 atom stereocenters. The molecule has 162 valence electrons. The first-order valence-corrected chi connectivity index (χ1v) is 10.7. The van der Waals surface area contributed by atoms with E-state index in [0.29, 0.717) is 5.75 Å². The molecule has 0 aliphatic carbocycles. The van der Waals surface area contributed by atoms with Crippen LogP contribution in [0.2, 0.25) is 0 Å². The summed E-state index contributed by atoms with van der Waals surface area (Å²) in [5, 5.41) is 16.9. The molecule has 28 heavy (non-hydrogen) atoms. The molecule has 9 nitrogen and oxygen atoms in total. The van der Waals surface area contributed by atoms with Gasteiger partial charge in [0.25, 0.3) is 0 Å². The number of hydrogen-bond acceptors (Lipinski definition) is 6. The lowest BCUT2D eigenvalue weighted by Crippen LogP contribution is -2.58. The SMILES string of the molecule is CSCCC(NC(=O)C(NC(=O)C(C)NC(=O)C(N)C(C)C)C(C)C)C(=O)O. The van der Waals surface area contributed by atoms with Crippen molar-refractivity contribution in [3.63, 3.8) is 0 Å². The lowest BCUT2D eigenvalue weighted by atomic mass is 10.0. The smallest absolute Gasteiger partial charge is 0.326 e. The van der Waals surface area contributed by atoms with E-state index in [2.05, 4.69) is 16.0 Å². The Balaban J connectivity index is 4.99. The van der Waals surface area contributed by atoms with Gasteiger partial charge in [0, 0.05) is 0 Å². The molecule has 0 spiro atoms.